The fourth-order valence-electron chi connectivity index (χ4n) is 1.87. The van der Waals surface area contributed by atoms with E-state index in [1.165, 1.54) is 30.3 Å². The van der Waals surface area contributed by atoms with Crippen molar-refractivity contribution in [2.75, 3.05) is 0 Å². The van der Waals surface area contributed by atoms with Crippen molar-refractivity contribution in [3.63, 3.8) is 0 Å². The van der Waals surface area contributed by atoms with Crippen LogP contribution in [-0.2, 0) is 16.6 Å². The van der Waals surface area contributed by atoms with Crippen molar-refractivity contribution in [2.45, 2.75) is 25.0 Å². The van der Waals surface area contributed by atoms with Crippen LogP contribution < -0.4 is 9.46 Å². The lowest BCUT2D eigenvalue weighted by molar-refractivity contribution is -0.0498. The topological polar surface area (TPSA) is 55.4 Å². The highest BCUT2D eigenvalue weighted by atomic mass is 35.5. The minimum atomic E-state index is -3.77. The number of aryl methyl sites for hydroxylation is 1. The number of nitrogens with one attached hydrogen (secondary N) is 1. The van der Waals surface area contributed by atoms with Gasteiger partial charge in [-0.3, -0.25) is 0 Å². The Kier molecular flexibility index (Phi) is 5.56. The Morgan fingerprint density at radius 3 is 2.39 bits per heavy atom. The molecule has 0 unspecified atom stereocenters. The highest BCUT2D eigenvalue weighted by Crippen LogP contribution is 2.22. The Labute approximate surface area is 138 Å². The summed E-state index contributed by atoms with van der Waals surface area (Å²) in [7, 11) is -3.77. The van der Waals surface area contributed by atoms with E-state index in [4.69, 9.17) is 11.6 Å². The van der Waals surface area contributed by atoms with Gasteiger partial charge in [0, 0.05) is 6.54 Å². The normalized spacial score (nSPS) is 11.7. The zero-order chi connectivity index (χ0) is 17.0. The Balaban J connectivity index is 2.07. The van der Waals surface area contributed by atoms with Gasteiger partial charge in [-0.25, -0.2) is 13.1 Å². The molecule has 0 saturated heterocycles. The monoisotopic (exact) mass is 361 g/mol. The average molecular weight is 362 g/mol. The van der Waals surface area contributed by atoms with Gasteiger partial charge in [-0.2, -0.15) is 8.78 Å². The van der Waals surface area contributed by atoms with E-state index in [9.17, 15) is 17.2 Å². The van der Waals surface area contributed by atoms with Crippen LogP contribution in [0.15, 0.2) is 47.4 Å². The molecule has 124 valence electrons. The van der Waals surface area contributed by atoms with Crippen LogP contribution in [0.1, 0.15) is 11.1 Å². The highest BCUT2D eigenvalue weighted by Gasteiger charge is 2.17. The Bertz CT molecular complexity index is 780. The molecule has 2 aromatic carbocycles. The van der Waals surface area contributed by atoms with Crippen LogP contribution in [0.4, 0.5) is 8.78 Å². The molecule has 0 spiro atoms. The second-order valence-electron chi connectivity index (χ2n) is 4.78. The lowest BCUT2D eigenvalue weighted by Crippen LogP contribution is -2.23. The minimum Gasteiger partial charge on any atom is -0.435 e. The molecule has 0 amide bonds. The molecule has 2 rings (SSSR count). The van der Waals surface area contributed by atoms with Gasteiger partial charge in [0.05, 0.1) is 5.02 Å². The maximum absolute atomic E-state index is 12.2. The van der Waals surface area contributed by atoms with Gasteiger partial charge in [0.2, 0.25) is 10.0 Å². The first kappa shape index (κ1) is 17.7. The van der Waals surface area contributed by atoms with Gasteiger partial charge in [-0.15, -0.1) is 0 Å². The molecule has 1 N–H and O–H groups in total. The molecule has 0 aromatic heterocycles. The predicted molar refractivity (Wildman–Crippen MR) is 83.3 cm³/mol. The van der Waals surface area contributed by atoms with Gasteiger partial charge in [0.15, 0.2) is 0 Å². The molecule has 0 aliphatic heterocycles. The molecule has 0 radical (unpaired) electrons. The van der Waals surface area contributed by atoms with E-state index < -0.39 is 16.6 Å². The minimum absolute atomic E-state index is 0.00149. The van der Waals surface area contributed by atoms with E-state index in [0.29, 0.717) is 5.56 Å². The molecule has 0 aliphatic carbocycles. The Morgan fingerprint density at radius 2 is 1.83 bits per heavy atom. The first-order valence-electron chi connectivity index (χ1n) is 6.57. The fourth-order valence-corrected chi connectivity index (χ4v) is 3.48. The van der Waals surface area contributed by atoms with E-state index in [0.717, 1.165) is 5.56 Å². The molecular formula is C15H14ClF2NO3S. The van der Waals surface area contributed by atoms with Crippen LogP contribution in [0.5, 0.6) is 5.75 Å². The summed E-state index contributed by atoms with van der Waals surface area (Å²) in [4.78, 5) is -0.0116. The smallest absolute Gasteiger partial charge is 0.387 e. The number of alkyl halides is 2. The fraction of sp³-hybridized carbons (Fsp3) is 0.200. The molecule has 2 aromatic rings. The van der Waals surface area contributed by atoms with Crippen molar-refractivity contribution < 1.29 is 21.9 Å². The summed E-state index contributed by atoms with van der Waals surface area (Å²) >= 11 is 5.96. The first-order valence-corrected chi connectivity index (χ1v) is 8.43. The van der Waals surface area contributed by atoms with Crippen LogP contribution in [0.2, 0.25) is 5.02 Å². The average Bonchev–Trinajstić information content (AvgIpc) is 2.45. The number of hydrogen-bond acceptors (Lipinski definition) is 3. The van der Waals surface area contributed by atoms with E-state index in [1.54, 1.807) is 19.1 Å². The van der Waals surface area contributed by atoms with Gasteiger partial charge >= 0.3 is 6.61 Å². The van der Waals surface area contributed by atoms with Gasteiger partial charge in [0.25, 0.3) is 0 Å². The molecule has 0 saturated carbocycles. The van der Waals surface area contributed by atoms with E-state index in [1.807, 2.05) is 0 Å². The van der Waals surface area contributed by atoms with Gasteiger partial charge in [-0.05, 0) is 42.3 Å². The molecular weight excluding hydrogens is 348 g/mol. The lowest BCUT2D eigenvalue weighted by Gasteiger charge is -2.10. The van der Waals surface area contributed by atoms with Crippen molar-refractivity contribution in [2.24, 2.45) is 0 Å². The van der Waals surface area contributed by atoms with Crippen LogP contribution in [0.3, 0.4) is 0 Å². The molecule has 0 fully saturated rings. The zero-order valence-corrected chi connectivity index (χ0v) is 13.7. The molecule has 0 aliphatic rings. The second-order valence-corrected chi connectivity index (χ2v) is 6.92. The molecule has 4 nitrogen and oxygen atoms in total. The van der Waals surface area contributed by atoms with Crippen molar-refractivity contribution in [3.05, 3.63) is 58.6 Å². The second kappa shape index (κ2) is 7.25. The van der Waals surface area contributed by atoms with Gasteiger partial charge < -0.3 is 4.74 Å². The summed E-state index contributed by atoms with van der Waals surface area (Å²) in [6.07, 6.45) is 0. The molecule has 0 heterocycles. The number of benzene rings is 2. The molecule has 8 heteroatoms. The molecule has 23 heavy (non-hydrogen) atoms. The predicted octanol–water partition coefficient (Wildman–Crippen LogP) is 3.73. The van der Waals surface area contributed by atoms with Gasteiger partial charge in [0.1, 0.15) is 10.6 Å². The summed E-state index contributed by atoms with van der Waals surface area (Å²) in [5.74, 6) is 0.00758. The number of hydrogen-bond donors (Lipinski definition) is 1. The quantitative estimate of drug-likeness (QED) is 0.853. The lowest BCUT2D eigenvalue weighted by atomic mass is 10.2. The van der Waals surface area contributed by atoms with Crippen LogP contribution in [0.25, 0.3) is 0 Å². The third-order valence-electron chi connectivity index (χ3n) is 2.99. The Morgan fingerprint density at radius 1 is 1.17 bits per heavy atom. The maximum Gasteiger partial charge on any atom is 0.387 e. The van der Waals surface area contributed by atoms with Gasteiger partial charge in [-0.1, -0.05) is 29.8 Å². The van der Waals surface area contributed by atoms with Crippen molar-refractivity contribution in [1.29, 1.82) is 0 Å². The van der Waals surface area contributed by atoms with Crippen LogP contribution in [-0.4, -0.2) is 15.0 Å². The SMILES string of the molecule is Cc1ccc(S(=O)(=O)NCc2ccc(OC(F)F)cc2)c(Cl)c1. The van der Waals surface area contributed by atoms with Crippen molar-refractivity contribution in [3.8, 4) is 5.75 Å². The Hall–Kier alpha value is -1.70. The molecule has 0 bridgehead atoms. The zero-order valence-electron chi connectivity index (χ0n) is 12.1. The van der Waals surface area contributed by atoms with E-state index in [-0.39, 0.29) is 22.2 Å². The third kappa shape index (κ3) is 4.89. The summed E-state index contributed by atoms with van der Waals surface area (Å²) in [5.41, 5.74) is 1.45. The third-order valence-corrected chi connectivity index (χ3v) is 4.88. The molecule has 0 atom stereocenters. The van der Waals surface area contributed by atoms with Crippen molar-refractivity contribution in [1.82, 2.24) is 4.72 Å². The largest absolute Gasteiger partial charge is 0.435 e. The number of rotatable bonds is 6. The maximum atomic E-state index is 12.2. The first-order chi connectivity index (χ1) is 10.8. The highest BCUT2D eigenvalue weighted by molar-refractivity contribution is 7.89. The summed E-state index contributed by atoms with van der Waals surface area (Å²) in [5, 5.41) is 0.137. The van der Waals surface area contributed by atoms with E-state index >= 15 is 0 Å². The number of sulfonamides is 1. The number of ether oxygens (including phenoxy) is 1. The van der Waals surface area contributed by atoms with Crippen LogP contribution in [0, 0.1) is 6.92 Å². The van der Waals surface area contributed by atoms with Crippen LogP contribution >= 0.6 is 11.6 Å². The van der Waals surface area contributed by atoms with Crippen molar-refractivity contribution >= 4 is 21.6 Å². The summed E-state index contributed by atoms with van der Waals surface area (Å²) in [6.45, 7) is -1.09. The standard InChI is InChI=1S/C15H14ClF2NO3S/c1-10-2-7-14(13(16)8-10)23(20,21)19-9-11-3-5-12(6-4-11)22-15(17)18/h2-8,15,19H,9H2,1H3. The number of halogens is 3. The van der Waals surface area contributed by atoms with E-state index in [2.05, 4.69) is 9.46 Å². The summed E-state index contributed by atoms with van der Waals surface area (Å²) in [6, 6.07) is 10.3. The summed E-state index contributed by atoms with van der Waals surface area (Å²) < 4.78 is 55.2.